The lowest BCUT2D eigenvalue weighted by Gasteiger charge is -2.27. The summed E-state index contributed by atoms with van der Waals surface area (Å²) in [7, 11) is 0. The summed E-state index contributed by atoms with van der Waals surface area (Å²) in [5.41, 5.74) is 2.35. The maximum atomic E-state index is 4.41. The number of nitrogens with zero attached hydrogens (tertiary/aromatic N) is 2. The second-order valence-electron chi connectivity index (χ2n) is 5.74. The SMILES string of the molecule is Cc1ccc(N2CCCNC(CC(C)C)C2)cn1. The van der Waals surface area contributed by atoms with Gasteiger partial charge >= 0.3 is 0 Å². The number of aryl methyl sites for hydroxylation is 1. The summed E-state index contributed by atoms with van der Waals surface area (Å²) in [6.07, 6.45) is 4.46. The van der Waals surface area contributed by atoms with Crippen LogP contribution in [0.4, 0.5) is 5.69 Å². The van der Waals surface area contributed by atoms with Crippen molar-refractivity contribution in [1.29, 1.82) is 0 Å². The van der Waals surface area contributed by atoms with E-state index in [0.717, 1.165) is 31.2 Å². The van der Waals surface area contributed by atoms with Crippen molar-refractivity contribution < 1.29 is 0 Å². The molecule has 1 saturated heterocycles. The fraction of sp³-hybridized carbons (Fsp3) is 0.667. The van der Waals surface area contributed by atoms with Crippen molar-refractivity contribution in [2.24, 2.45) is 5.92 Å². The Balaban J connectivity index is 2.04. The molecule has 0 aliphatic carbocycles. The van der Waals surface area contributed by atoms with Crippen LogP contribution in [0.25, 0.3) is 0 Å². The second-order valence-corrected chi connectivity index (χ2v) is 5.74. The van der Waals surface area contributed by atoms with Crippen LogP contribution in [0.3, 0.4) is 0 Å². The van der Waals surface area contributed by atoms with Crippen LogP contribution in [0.15, 0.2) is 18.3 Å². The van der Waals surface area contributed by atoms with Gasteiger partial charge in [0.25, 0.3) is 0 Å². The van der Waals surface area contributed by atoms with E-state index in [1.54, 1.807) is 0 Å². The summed E-state index contributed by atoms with van der Waals surface area (Å²) in [4.78, 5) is 6.88. The van der Waals surface area contributed by atoms with Crippen molar-refractivity contribution in [3.63, 3.8) is 0 Å². The lowest BCUT2D eigenvalue weighted by Crippen LogP contribution is -2.38. The lowest BCUT2D eigenvalue weighted by atomic mass is 10.0. The van der Waals surface area contributed by atoms with E-state index in [1.807, 2.05) is 13.1 Å². The number of nitrogens with one attached hydrogen (secondary N) is 1. The molecule has 1 aliphatic rings. The molecule has 0 radical (unpaired) electrons. The van der Waals surface area contributed by atoms with Crippen LogP contribution in [0.2, 0.25) is 0 Å². The maximum Gasteiger partial charge on any atom is 0.0553 e. The quantitative estimate of drug-likeness (QED) is 0.890. The van der Waals surface area contributed by atoms with E-state index in [9.17, 15) is 0 Å². The zero-order valence-electron chi connectivity index (χ0n) is 11.8. The molecule has 2 rings (SSSR count). The first-order valence-electron chi connectivity index (χ1n) is 7.06. The highest BCUT2D eigenvalue weighted by Crippen LogP contribution is 2.17. The third-order valence-corrected chi connectivity index (χ3v) is 3.50. The Morgan fingerprint density at radius 2 is 2.28 bits per heavy atom. The predicted octanol–water partition coefficient (Wildman–Crippen LogP) is 2.60. The van der Waals surface area contributed by atoms with Crippen molar-refractivity contribution in [2.45, 2.75) is 39.7 Å². The minimum Gasteiger partial charge on any atom is -0.369 e. The van der Waals surface area contributed by atoms with Gasteiger partial charge in [0.1, 0.15) is 0 Å². The van der Waals surface area contributed by atoms with Crippen LogP contribution in [0, 0.1) is 12.8 Å². The second kappa shape index (κ2) is 6.19. The Bertz CT molecular complexity index is 359. The summed E-state index contributed by atoms with van der Waals surface area (Å²) in [6, 6.07) is 4.90. The third-order valence-electron chi connectivity index (χ3n) is 3.50. The molecule has 1 aromatic rings. The zero-order valence-corrected chi connectivity index (χ0v) is 11.8. The van der Waals surface area contributed by atoms with Gasteiger partial charge in [0.15, 0.2) is 0 Å². The fourth-order valence-corrected chi connectivity index (χ4v) is 2.61. The first kappa shape index (κ1) is 13.3. The van der Waals surface area contributed by atoms with Gasteiger partial charge in [-0.05, 0) is 44.4 Å². The molecule has 1 fully saturated rings. The third kappa shape index (κ3) is 3.70. The average molecular weight is 247 g/mol. The van der Waals surface area contributed by atoms with Gasteiger partial charge in [-0.3, -0.25) is 4.98 Å². The van der Waals surface area contributed by atoms with E-state index in [2.05, 4.69) is 41.2 Å². The molecule has 0 saturated carbocycles. The molecule has 0 aromatic carbocycles. The molecule has 1 unspecified atom stereocenters. The van der Waals surface area contributed by atoms with Gasteiger partial charge in [-0.25, -0.2) is 0 Å². The molecule has 1 atom stereocenters. The van der Waals surface area contributed by atoms with Gasteiger partial charge in [0.2, 0.25) is 0 Å². The summed E-state index contributed by atoms with van der Waals surface area (Å²) in [6.45, 7) is 9.99. The van der Waals surface area contributed by atoms with Gasteiger partial charge in [-0.2, -0.15) is 0 Å². The highest BCUT2D eigenvalue weighted by atomic mass is 15.2. The molecule has 0 amide bonds. The molecule has 2 heterocycles. The first-order chi connectivity index (χ1) is 8.65. The number of anilines is 1. The molecule has 1 aromatic heterocycles. The number of hydrogen-bond acceptors (Lipinski definition) is 3. The van der Waals surface area contributed by atoms with E-state index < -0.39 is 0 Å². The average Bonchev–Trinajstić information content (AvgIpc) is 2.55. The summed E-state index contributed by atoms with van der Waals surface area (Å²) >= 11 is 0. The highest BCUT2D eigenvalue weighted by molar-refractivity contribution is 5.44. The van der Waals surface area contributed by atoms with Gasteiger partial charge in [-0.1, -0.05) is 13.8 Å². The topological polar surface area (TPSA) is 28.2 Å². The van der Waals surface area contributed by atoms with Crippen molar-refractivity contribution in [1.82, 2.24) is 10.3 Å². The predicted molar refractivity (Wildman–Crippen MR) is 77.0 cm³/mol. The Labute approximate surface area is 111 Å². The minimum atomic E-state index is 0.605. The van der Waals surface area contributed by atoms with Crippen molar-refractivity contribution in [3.05, 3.63) is 24.0 Å². The normalized spacial score (nSPS) is 21.1. The van der Waals surface area contributed by atoms with Crippen LogP contribution >= 0.6 is 0 Å². The monoisotopic (exact) mass is 247 g/mol. The molecular formula is C15H25N3. The summed E-state index contributed by atoms with van der Waals surface area (Å²) in [5, 5.41) is 3.66. The van der Waals surface area contributed by atoms with E-state index >= 15 is 0 Å². The molecule has 18 heavy (non-hydrogen) atoms. The summed E-state index contributed by atoms with van der Waals surface area (Å²) < 4.78 is 0. The minimum absolute atomic E-state index is 0.605. The Kier molecular flexibility index (Phi) is 4.59. The zero-order chi connectivity index (χ0) is 13.0. The Morgan fingerprint density at radius 1 is 1.44 bits per heavy atom. The van der Waals surface area contributed by atoms with E-state index in [4.69, 9.17) is 0 Å². The fourth-order valence-electron chi connectivity index (χ4n) is 2.61. The number of aromatic nitrogens is 1. The van der Waals surface area contributed by atoms with Crippen molar-refractivity contribution in [3.8, 4) is 0 Å². The summed E-state index contributed by atoms with van der Waals surface area (Å²) in [5.74, 6) is 0.749. The molecule has 3 nitrogen and oxygen atoms in total. The van der Waals surface area contributed by atoms with Gasteiger partial charge < -0.3 is 10.2 Å². The molecule has 100 valence electrons. The maximum absolute atomic E-state index is 4.41. The molecule has 0 bridgehead atoms. The van der Waals surface area contributed by atoms with Crippen molar-refractivity contribution >= 4 is 5.69 Å². The van der Waals surface area contributed by atoms with Gasteiger partial charge in [0.05, 0.1) is 11.9 Å². The number of pyridine rings is 1. The Morgan fingerprint density at radius 3 is 2.94 bits per heavy atom. The molecule has 1 aliphatic heterocycles. The number of rotatable bonds is 3. The molecule has 0 spiro atoms. The molecular weight excluding hydrogens is 222 g/mol. The van der Waals surface area contributed by atoms with Crippen LogP contribution < -0.4 is 10.2 Å². The van der Waals surface area contributed by atoms with E-state index in [-0.39, 0.29) is 0 Å². The highest BCUT2D eigenvalue weighted by Gasteiger charge is 2.18. The molecule has 3 heteroatoms. The van der Waals surface area contributed by atoms with E-state index in [1.165, 1.54) is 18.5 Å². The van der Waals surface area contributed by atoms with Crippen molar-refractivity contribution in [2.75, 3.05) is 24.5 Å². The smallest absolute Gasteiger partial charge is 0.0553 e. The van der Waals surface area contributed by atoms with E-state index in [0.29, 0.717) is 6.04 Å². The number of hydrogen-bond donors (Lipinski definition) is 1. The first-order valence-corrected chi connectivity index (χ1v) is 7.06. The lowest BCUT2D eigenvalue weighted by molar-refractivity contribution is 0.436. The van der Waals surface area contributed by atoms with Crippen LogP contribution in [-0.4, -0.2) is 30.7 Å². The van der Waals surface area contributed by atoms with Gasteiger partial charge in [-0.15, -0.1) is 0 Å². The van der Waals surface area contributed by atoms with Crippen LogP contribution in [0.5, 0.6) is 0 Å². The largest absolute Gasteiger partial charge is 0.369 e. The standard InChI is InChI=1S/C15H25N3/c1-12(2)9-14-11-18(8-4-7-16-14)15-6-5-13(3)17-10-15/h5-6,10,12,14,16H,4,7-9,11H2,1-3H3. The Hall–Kier alpha value is -1.09. The van der Waals surface area contributed by atoms with Gasteiger partial charge in [0, 0.05) is 24.8 Å². The van der Waals surface area contributed by atoms with Crippen LogP contribution in [-0.2, 0) is 0 Å². The molecule has 1 N–H and O–H groups in total. The van der Waals surface area contributed by atoms with Crippen LogP contribution in [0.1, 0.15) is 32.4 Å².